The maximum atomic E-state index is 8.61. The van der Waals surface area contributed by atoms with Crippen molar-refractivity contribution in [3.63, 3.8) is 0 Å². The molecule has 0 aliphatic rings. The third-order valence-corrected chi connectivity index (χ3v) is 3.07. The zero-order valence-corrected chi connectivity index (χ0v) is 15.0. The average molecular weight is 351 g/mol. The van der Waals surface area contributed by atoms with E-state index in [1.807, 2.05) is 20.3 Å². The van der Waals surface area contributed by atoms with Crippen molar-refractivity contribution in [1.82, 2.24) is 24.8 Å². The minimum Gasteiger partial charge on any atom is -0.411 e. The van der Waals surface area contributed by atoms with Gasteiger partial charge < -0.3 is 20.2 Å². The van der Waals surface area contributed by atoms with Crippen LogP contribution in [0.2, 0.25) is 0 Å². The molecule has 0 fully saturated rings. The van der Waals surface area contributed by atoms with Crippen molar-refractivity contribution in [2.75, 3.05) is 34.7 Å². The van der Waals surface area contributed by atoms with E-state index < -0.39 is 0 Å². The van der Waals surface area contributed by atoms with Crippen LogP contribution in [-0.4, -0.2) is 94.0 Å². The average Bonchev–Trinajstić information content (AvgIpc) is 3.01. The lowest BCUT2D eigenvalue weighted by Crippen LogP contribution is -2.23. The van der Waals surface area contributed by atoms with Gasteiger partial charge in [-0.05, 0) is 6.42 Å². The predicted octanol–water partition coefficient (Wildman–Crippen LogP) is 0.00840. The minimum atomic E-state index is 0.343. The second-order valence-electron chi connectivity index (χ2n) is 5.52. The molecule has 0 aliphatic heterocycles. The Kier molecular flexibility index (Phi) is 8.61. The van der Waals surface area contributed by atoms with Gasteiger partial charge in [0.25, 0.3) is 0 Å². The molecule has 0 bridgehead atoms. The number of amidine groups is 2. The van der Waals surface area contributed by atoms with E-state index in [1.165, 1.54) is 12.4 Å². The summed E-state index contributed by atoms with van der Waals surface area (Å²) in [4.78, 5) is 12.2. The van der Waals surface area contributed by atoms with E-state index in [0.29, 0.717) is 31.3 Å². The largest absolute Gasteiger partial charge is 0.411 e. The first-order valence-electron chi connectivity index (χ1n) is 7.65. The minimum absolute atomic E-state index is 0.343. The molecule has 1 rings (SSSR count). The van der Waals surface area contributed by atoms with Gasteiger partial charge in [0.2, 0.25) is 0 Å². The zero-order valence-electron chi connectivity index (χ0n) is 15.0. The molecule has 0 amide bonds. The third-order valence-electron chi connectivity index (χ3n) is 3.07. The topological polar surface area (TPSA) is 127 Å². The molecule has 1 aromatic heterocycles. The molecule has 2 N–H and O–H groups in total. The Morgan fingerprint density at radius 2 is 1.68 bits per heavy atom. The smallest absolute Gasteiger partial charge is 0.145 e. The highest BCUT2D eigenvalue weighted by molar-refractivity contribution is 6.29. The Hall–Kier alpha value is -2.98. The van der Waals surface area contributed by atoms with Crippen LogP contribution in [0.5, 0.6) is 0 Å². The van der Waals surface area contributed by atoms with Crippen LogP contribution in [0.15, 0.2) is 26.5 Å². The first kappa shape index (κ1) is 20.1. The molecule has 0 spiro atoms. The van der Waals surface area contributed by atoms with Gasteiger partial charge in [-0.15, -0.1) is 5.10 Å². The normalized spacial score (nSPS) is 13.1. The summed E-state index contributed by atoms with van der Waals surface area (Å²) >= 11 is 0. The van der Waals surface area contributed by atoms with Crippen molar-refractivity contribution in [1.29, 1.82) is 0 Å². The number of hydrogen-bond acceptors (Lipinski definition) is 8. The number of aromatic nitrogens is 3. The Labute approximate surface area is 146 Å². The number of nitrogens with zero attached hydrogens (tertiary/aromatic N) is 9. The van der Waals surface area contributed by atoms with Gasteiger partial charge in [0, 0.05) is 41.3 Å². The molecule has 1 aromatic rings. The molecule has 1 heterocycles. The van der Waals surface area contributed by atoms with E-state index in [9.17, 15) is 0 Å². The second kappa shape index (κ2) is 10.7. The summed E-state index contributed by atoms with van der Waals surface area (Å²) in [5.41, 5.74) is 0.718. The van der Waals surface area contributed by atoms with E-state index in [1.54, 1.807) is 28.6 Å². The van der Waals surface area contributed by atoms with Gasteiger partial charge in [-0.3, -0.25) is 14.7 Å². The van der Waals surface area contributed by atoms with E-state index in [0.717, 1.165) is 12.1 Å². The van der Waals surface area contributed by atoms with Gasteiger partial charge in [-0.2, -0.15) is 0 Å². The van der Waals surface area contributed by atoms with Gasteiger partial charge in [0.1, 0.15) is 29.8 Å². The second-order valence-corrected chi connectivity index (χ2v) is 5.52. The summed E-state index contributed by atoms with van der Waals surface area (Å²) in [6.45, 7) is 1.58. The fourth-order valence-corrected chi connectivity index (χ4v) is 1.81. The molecule has 0 saturated heterocycles. The van der Waals surface area contributed by atoms with Crippen LogP contribution in [0.4, 0.5) is 0 Å². The van der Waals surface area contributed by atoms with Crippen molar-refractivity contribution in [3.8, 4) is 0 Å². The molecule has 25 heavy (non-hydrogen) atoms. The van der Waals surface area contributed by atoms with Gasteiger partial charge in [-0.1, -0.05) is 15.5 Å². The highest BCUT2D eigenvalue weighted by Crippen LogP contribution is 1.99. The van der Waals surface area contributed by atoms with Crippen molar-refractivity contribution < 1.29 is 10.4 Å². The molecular formula is C14H25N9O2. The van der Waals surface area contributed by atoms with E-state index in [4.69, 9.17) is 10.4 Å². The predicted molar refractivity (Wildman–Crippen MR) is 96.0 cm³/mol. The number of rotatable bonds is 8. The van der Waals surface area contributed by atoms with Gasteiger partial charge in [0.05, 0.1) is 12.7 Å². The molecule has 0 aromatic carbocycles. The molecule has 11 heteroatoms. The summed E-state index contributed by atoms with van der Waals surface area (Å²) in [5, 5.41) is 31.3. The Morgan fingerprint density at radius 3 is 2.24 bits per heavy atom. The van der Waals surface area contributed by atoms with Crippen molar-refractivity contribution in [2.45, 2.75) is 19.5 Å². The van der Waals surface area contributed by atoms with E-state index in [-0.39, 0.29) is 0 Å². The molecule has 0 radical (unpaired) electrons. The standard InChI is InChI=1S/C14H25N9O2/c1-21(2)13(9-17-24)15-6-5-7-23-11-12(19-20-23)8-16-14(10-18-25)22(3)4/h9-11,24-25H,5-8H2,1-4H3/b15-13-,16-14-,17-9+,18-10+. The lowest BCUT2D eigenvalue weighted by molar-refractivity contribution is 0.321. The summed E-state index contributed by atoms with van der Waals surface area (Å²) < 4.78 is 1.73. The molecule has 0 aliphatic carbocycles. The van der Waals surface area contributed by atoms with E-state index in [2.05, 4.69) is 30.6 Å². The fourth-order valence-electron chi connectivity index (χ4n) is 1.81. The maximum absolute atomic E-state index is 8.61. The molecule has 0 saturated carbocycles. The molecule has 0 atom stereocenters. The Morgan fingerprint density at radius 1 is 1.08 bits per heavy atom. The lowest BCUT2D eigenvalue weighted by Gasteiger charge is -2.10. The number of aryl methyl sites for hydroxylation is 1. The van der Waals surface area contributed by atoms with Crippen LogP contribution in [0, 0.1) is 0 Å². The zero-order chi connectivity index (χ0) is 18.7. The summed E-state index contributed by atoms with van der Waals surface area (Å²) in [5.74, 6) is 1.13. The van der Waals surface area contributed by atoms with Gasteiger partial charge in [-0.25, -0.2) is 0 Å². The lowest BCUT2D eigenvalue weighted by atomic mass is 10.4. The van der Waals surface area contributed by atoms with Crippen LogP contribution in [0.25, 0.3) is 0 Å². The SMILES string of the molecule is CN(C)C(/C=N/O)=N\CCCn1cc(C/N=C(/C=N/O)N(C)C)nn1. The molecular weight excluding hydrogens is 326 g/mol. The molecule has 11 nitrogen and oxygen atoms in total. The van der Waals surface area contributed by atoms with Crippen molar-refractivity contribution in [2.24, 2.45) is 20.3 Å². The number of hydrogen-bond donors (Lipinski definition) is 2. The van der Waals surface area contributed by atoms with E-state index >= 15 is 0 Å². The van der Waals surface area contributed by atoms with Crippen LogP contribution >= 0.6 is 0 Å². The van der Waals surface area contributed by atoms with Gasteiger partial charge >= 0.3 is 0 Å². The van der Waals surface area contributed by atoms with Crippen molar-refractivity contribution >= 4 is 24.1 Å². The van der Waals surface area contributed by atoms with Crippen molar-refractivity contribution in [3.05, 3.63) is 11.9 Å². The summed E-state index contributed by atoms with van der Waals surface area (Å²) in [6.07, 6.45) is 5.14. The fraction of sp³-hybridized carbons (Fsp3) is 0.571. The monoisotopic (exact) mass is 351 g/mol. The van der Waals surface area contributed by atoms with Crippen LogP contribution < -0.4 is 0 Å². The number of oxime groups is 2. The highest BCUT2D eigenvalue weighted by atomic mass is 16.4. The Bertz CT molecular complexity index is 632. The molecule has 138 valence electrons. The summed E-state index contributed by atoms with van der Waals surface area (Å²) in [6, 6.07) is 0. The quantitative estimate of drug-likeness (QED) is 0.223. The summed E-state index contributed by atoms with van der Waals surface area (Å²) in [7, 11) is 7.27. The Balaban J connectivity index is 2.53. The van der Waals surface area contributed by atoms with Crippen LogP contribution in [0.1, 0.15) is 12.1 Å². The highest BCUT2D eigenvalue weighted by Gasteiger charge is 2.03. The van der Waals surface area contributed by atoms with Crippen LogP contribution in [0.3, 0.4) is 0 Å². The van der Waals surface area contributed by atoms with Gasteiger partial charge in [0.15, 0.2) is 0 Å². The first-order valence-corrected chi connectivity index (χ1v) is 7.65. The third kappa shape index (κ3) is 7.42. The first-order chi connectivity index (χ1) is 12.0. The molecule has 0 unspecified atom stereocenters. The maximum Gasteiger partial charge on any atom is 0.145 e. The number of aliphatic imine (C=N–C) groups is 2. The van der Waals surface area contributed by atoms with Crippen LogP contribution in [-0.2, 0) is 13.1 Å².